The van der Waals surface area contributed by atoms with Crippen LogP contribution in [0.25, 0.3) is 0 Å². The molecule has 1 aromatic heterocycles. The van der Waals surface area contributed by atoms with Crippen molar-refractivity contribution in [3.63, 3.8) is 0 Å². The average molecular weight is 586 g/mol. The van der Waals surface area contributed by atoms with Gasteiger partial charge in [0.1, 0.15) is 0 Å². The Balaban J connectivity index is 1.52. The van der Waals surface area contributed by atoms with Gasteiger partial charge in [-0.05, 0) is 0 Å². The van der Waals surface area contributed by atoms with Gasteiger partial charge < -0.3 is 0 Å². The summed E-state index contributed by atoms with van der Waals surface area (Å²) < 4.78 is 21.6. The van der Waals surface area contributed by atoms with Crippen LogP contribution in [0.2, 0.25) is 9.85 Å². The van der Waals surface area contributed by atoms with E-state index in [4.69, 9.17) is 13.9 Å². The Hall–Kier alpha value is -2.26. The monoisotopic (exact) mass is 586 g/mol. The predicted octanol–water partition coefficient (Wildman–Crippen LogP) is 2.64. The van der Waals surface area contributed by atoms with Crippen LogP contribution in [0.15, 0.2) is 82.5 Å². The van der Waals surface area contributed by atoms with Gasteiger partial charge in [0.05, 0.1) is 0 Å². The zero-order valence-electron chi connectivity index (χ0n) is 21.8. The Morgan fingerprint density at radius 1 is 0.946 bits per heavy atom. The molecule has 2 fully saturated rings. The number of benzene rings is 2. The molecule has 4 atom stereocenters. The first-order chi connectivity index (χ1) is 17.5. The summed E-state index contributed by atoms with van der Waals surface area (Å²) in [6, 6.07) is 22.6. The van der Waals surface area contributed by atoms with Crippen LogP contribution in [0.4, 0.5) is 0 Å². The quantitative estimate of drug-likeness (QED) is 0.450. The number of hydrogen-bond donors (Lipinski definition) is 1. The molecule has 7 nitrogen and oxygen atoms in total. The van der Waals surface area contributed by atoms with Crippen molar-refractivity contribution < 1.29 is 13.9 Å². The summed E-state index contributed by atoms with van der Waals surface area (Å²) in [6.07, 6.45) is 1.09. The van der Waals surface area contributed by atoms with E-state index < -0.39 is 25.4 Å². The first-order valence-corrected chi connectivity index (χ1v) is 16.5. The number of aromatic amines is 1. The Bertz CT molecular complexity index is 1310. The molecule has 3 aromatic rings. The van der Waals surface area contributed by atoms with E-state index in [0.29, 0.717) is 6.61 Å². The number of fused-ring (bicyclic) bond motifs is 1. The molecule has 2 aliphatic heterocycles. The van der Waals surface area contributed by atoms with Gasteiger partial charge in [-0.3, -0.25) is 0 Å². The standard InChI is InChI=1S/C28H34N2O5SeSi/c1-27(2,3)37(19-12-8-6-9-13-19,20-14-10-7-11-15-20)33-18-21-23-24(35-28(4,5)34-23)25(36-21)30-17-16-22(31)29-26(30)32/h6-17,21,23-25H,18H2,1-5H3,(H,29,31,32)/t21-,23?,24?,25-/m1/s1. The molecule has 196 valence electrons. The third-order valence-electron chi connectivity index (χ3n) is 7.13. The number of nitrogens with one attached hydrogen (secondary N) is 1. The second-order valence-electron chi connectivity index (χ2n) is 11.1. The summed E-state index contributed by atoms with van der Waals surface area (Å²) in [6.45, 7) is 11.1. The molecule has 0 radical (unpaired) electrons. The zero-order valence-corrected chi connectivity index (χ0v) is 24.6. The summed E-state index contributed by atoms with van der Waals surface area (Å²) in [7, 11) is -2.72. The first-order valence-electron chi connectivity index (χ1n) is 12.6. The SMILES string of the molecule is CC1(C)OC2C(O1)[C@@H](CO[Si](c1ccccc1)(c1ccccc1)C(C)(C)C)[Se][C@H]2n1ccc(=O)[nH]c1=O. The van der Waals surface area contributed by atoms with Crippen molar-refractivity contribution in [3.05, 3.63) is 93.8 Å². The van der Waals surface area contributed by atoms with Crippen molar-refractivity contribution in [1.82, 2.24) is 9.55 Å². The number of H-pyrrole nitrogens is 1. The van der Waals surface area contributed by atoms with Crippen molar-refractivity contribution in [2.75, 3.05) is 6.61 Å². The van der Waals surface area contributed by atoms with Gasteiger partial charge in [-0.1, -0.05) is 0 Å². The van der Waals surface area contributed by atoms with Gasteiger partial charge in [-0.15, -0.1) is 0 Å². The Labute approximate surface area is 224 Å². The summed E-state index contributed by atoms with van der Waals surface area (Å²) in [5.74, 6) is -0.758. The van der Waals surface area contributed by atoms with Gasteiger partial charge in [-0.2, -0.15) is 0 Å². The van der Waals surface area contributed by atoms with Crippen LogP contribution in [0.3, 0.4) is 0 Å². The van der Waals surface area contributed by atoms with E-state index in [0.717, 1.165) is 0 Å². The van der Waals surface area contributed by atoms with E-state index in [1.165, 1.54) is 16.4 Å². The van der Waals surface area contributed by atoms with Crippen LogP contribution < -0.4 is 21.6 Å². The summed E-state index contributed by atoms with van der Waals surface area (Å²) >= 11 is -0.0701. The molecule has 3 heterocycles. The van der Waals surface area contributed by atoms with E-state index in [9.17, 15) is 9.59 Å². The van der Waals surface area contributed by atoms with Gasteiger partial charge >= 0.3 is 225 Å². The maximum absolute atomic E-state index is 12.7. The van der Waals surface area contributed by atoms with Gasteiger partial charge in [-0.25, -0.2) is 0 Å². The number of nitrogens with zero attached hydrogens (tertiary/aromatic N) is 1. The molecule has 2 saturated heterocycles. The normalized spacial score (nSPS) is 25.2. The van der Waals surface area contributed by atoms with Crippen LogP contribution in [0, 0.1) is 0 Å². The third-order valence-corrected chi connectivity index (χ3v) is 15.3. The topological polar surface area (TPSA) is 82.6 Å². The van der Waals surface area contributed by atoms with Crippen LogP contribution in [-0.4, -0.2) is 57.4 Å². The molecule has 5 rings (SSSR count). The minimum atomic E-state index is -2.72. The van der Waals surface area contributed by atoms with Gasteiger partial charge in [0.15, 0.2) is 0 Å². The number of rotatable bonds is 6. The van der Waals surface area contributed by atoms with Gasteiger partial charge in [0.25, 0.3) is 0 Å². The fourth-order valence-electron chi connectivity index (χ4n) is 5.61. The fourth-order valence-corrected chi connectivity index (χ4v) is 13.7. The number of aromatic nitrogens is 2. The van der Waals surface area contributed by atoms with Crippen LogP contribution >= 0.6 is 0 Å². The van der Waals surface area contributed by atoms with E-state index in [-0.39, 0.29) is 42.0 Å². The van der Waals surface area contributed by atoms with Crippen LogP contribution in [0.1, 0.15) is 39.6 Å². The third kappa shape index (κ3) is 4.85. The Kier molecular flexibility index (Phi) is 6.98. The van der Waals surface area contributed by atoms with Gasteiger partial charge in [0.2, 0.25) is 0 Å². The number of hydrogen-bond acceptors (Lipinski definition) is 5. The predicted molar refractivity (Wildman–Crippen MR) is 147 cm³/mol. The summed E-state index contributed by atoms with van der Waals surface area (Å²) in [5, 5.41) is 2.32. The summed E-state index contributed by atoms with van der Waals surface area (Å²) in [4.78, 5) is 26.7. The zero-order chi connectivity index (χ0) is 26.4. The van der Waals surface area contributed by atoms with Crippen molar-refractivity contribution in [2.24, 2.45) is 0 Å². The van der Waals surface area contributed by atoms with Gasteiger partial charge in [0, 0.05) is 0 Å². The Morgan fingerprint density at radius 2 is 1.51 bits per heavy atom. The molecule has 0 amide bonds. The molecular weight excluding hydrogens is 551 g/mol. The fraction of sp³-hybridized carbons (Fsp3) is 0.429. The first kappa shape index (κ1) is 26.3. The molecule has 1 N–H and O–H groups in total. The van der Waals surface area contributed by atoms with E-state index >= 15 is 0 Å². The second kappa shape index (κ2) is 9.80. The molecule has 0 bridgehead atoms. The van der Waals surface area contributed by atoms with E-state index in [1.807, 2.05) is 26.0 Å². The average Bonchev–Trinajstić information content (AvgIpc) is 3.33. The molecular formula is C28H34N2O5SeSi. The second-order valence-corrected chi connectivity index (χ2v) is 18.3. The summed E-state index contributed by atoms with van der Waals surface area (Å²) in [5.41, 5.74) is -0.821. The Morgan fingerprint density at radius 3 is 2.05 bits per heavy atom. The molecule has 2 aromatic carbocycles. The van der Waals surface area contributed by atoms with Crippen molar-refractivity contribution in [3.8, 4) is 0 Å². The van der Waals surface area contributed by atoms with Crippen molar-refractivity contribution in [1.29, 1.82) is 0 Å². The molecule has 2 aliphatic rings. The minimum absolute atomic E-state index is 0.0701. The molecule has 2 unspecified atom stereocenters. The number of ether oxygens (including phenoxy) is 2. The molecule has 0 saturated carbocycles. The van der Waals surface area contributed by atoms with E-state index in [2.05, 4.69) is 74.3 Å². The molecule has 0 aliphatic carbocycles. The van der Waals surface area contributed by atoms with Crippen molar-refractivity contribution in [2.45, 2.75) is 67.4 Å². The molecule has 9 heteroatoms. The van der Waals surface area contributed by atoms with Crippen LogP contribution in [-0.2, 0) is 13.9 Å². The molecule has 0 spiro atoms. The van der Waals surface area contributed by atoms with Crippen molar-refractivity contribution >= 4 is 33.6 Å². The van der Waals surface area contributed by atoms with E-state index in [1.54, 1.807) is 10.8 Å². The molecule has 37 heavy (non-hydrogen) atoms. The maximum atomic E-state index is 12.7. The van der Waals surface area contributed by atoms with Crippen LogP contribution in [0.5, 0.6) is 0 Å².